The molecular formula is C7H9ClN2O3. The summed E-state index contributed by atoms with van der Waals surface area (Å²) in [7, 11) is 0. The van der Waals surface area contributed by atoms with E-state index in [1.54, 1.807) is 6.92 Å². The highest BCUT2D eigenvalue weighted by molar-refractivity contribution is 5.85. The number of aromatic hydroxyl groups is 1. The summed E-state index contributed by atoms with van der Waals surface area (Å²) in [6.07, 6.45) is 0. The lowest BCUT2D eigenvalue weighted by Crippen LogP contribution is -1.93. The fourth-order valence-electron chi connectivity index (χ4n) is 0.926. The molecule has 0 unspecified atom stereocenters. The quantitative estimate of drug-likeness (QED) is 0.315. The first-order chi connectivity index (χ1) is 5.52. The topological polar surface area (TPSA) is 89.4 Å². The number of phenols is 1. The summed E-state index contributed by atoms with van der Waals surface area (Å²) in [4.78, 5) is 9.65. The first-order valence-electron chi connectivity index (χ1n) is 3.26. The number of aryl methyl sites for hydroxylation is 1. The van der Waals surface area contributed by atoms with E-state index in [0.717, 1.165) is 0 Å². The van der Waals surface area contributed by atoms with E-state index in [0.29, 0.717) is 5.56 Å². The fraction of sp³-hybridized carbons (Fsp3) is 0.143. The van der Waals surface area contributed by atoms with Gasteiger partial charge in [-0.2, -0.15) is 0 Å². The summed E-state index contributed by atoms with van der Waals surface area (Å²) in [5.74, 6) is -0.467. The van der Waals surface area contributed by atoms with Gasteiger partial charge in [-0.25, -0.2) is 0 Å². The van der Waals surface area contributed by atoms with E-state index in [2.05, 4.69) is 0 Å². The van der Waals surface area contributed by atoms with Crippen molar-refractivity contribution in [1.29, 1.82) is 0 Å². The number of phenolic OH excluding ortho intramolecular Hbond substituents is 1. The van der Waals surface area contributed by atoms with E-state index < -0.39 is 10.7 Å². The predicted octanol–water partition coefficient (Wildman–Crippen LogP) is 1.61. The SMILES string of the molecule is Cc1cc(N)c(O)c([N+](=O)[O-])c1.Cl. The number of hydrogen-bond acceptors (Lipinski definition) is 4. The standard InChI is InChI=1S/C7H8N2O3.ClH/c1-4-2-5(8)7(10)6(3-4)9(11)12;/h2-3,10H,8H2,1H3;1H. The maximum absolute atomic E-state index is 10.3. The summed E-state index contributed by atoms with van der Waals surface area (Å²) in [5, 5.41) is 19.4. The van der Waals surface area contributed by atoms with E-state index >= 15 is 0 Å². The molecule has 5 nitrogen and oxygen atoms in total. The summed E-state index contributed by atoms with van der Waals surface area (Å²) in [5.41, 5.74) is 5.63. The molecular weight excluding hydrogens is 196 g/mol. The van der Waals surface area contributed by atoms with Crippen molar-refractivity contribution in [3.05, 3.63) is 27.8 Å². The van der Waals surface area contributed by atoms with Crippen molar-refractivity contribution in [2.75, 3.05) is 5.73 Å². The van der Waals surface area contributed by atoms with Crippen LogP contribution in [-0.4, -0.2) is 10.0 Å². The lowest BCUT2D eigenvalue weighted by molar-refractivity contribution is -0.385. The monoisotopic (exact) mass is 204 g/mol. The van der Waals surface area contributed by atoms with Gasteiger partial charge < -0.3 is 10.8 Å². The van der Waals surface area contributed by atoms with Crippen molar-refractivity contribution >= 4 is 23.8 Å². The molecule has 1 aromatic rings. The number of nitrogen functional groups attached to an aromatic ring is 1. The molecule has 0 aromatic heterocycles. The molecule has 0 radical (unpaired) electrons. The molecule has 0 bridgehead atoms. The number of benzene rings is 1. The van der Waals surface area contributed by atoms with Crippen molar-refractivity contribution < 1.29 is 10.0 Å². The number of anilines is 1. The average Bonchev–Trinajstić information content (AvgIpc) is 1.96. The van der Waals surface area contributed by atoms with E-state index in [4.69, 9.17) is 10.8 Å². The van der Waals surface area contributed by atoms with Crippen LogP contribution in [0.1, 0.15) is 5.56 Å². The lowest BCUT2D eigenvalue weighted by atomic mass is 10.2. The van der Waals surface area contributed by atoms with Gasteiger partial charge in [0, 0.05) is 6.07 Å². The van der Waals surface area contributed by atoms with E-state index in [1.165, 1.54) is 12.1 Å². The number of nitro groups is 1. The summed E-state index contributed by atoms with van der Waals surface area (Å²) in [6.45, 7) is 1.67. The minimum Gasteiger partial charge on any atom is -0.501 e. The van der Waals surface area contributed by atoms with Crippen LogP contribution in [0.2, 0.25) is 0 Å². The Morgan fingerprint density at radius 1 is 1.54 bits per heavy atom. The smallest absolute Gasteiger partial charge is 0.313 e. The fourth-order valence-corrected chi connectivity index (χ4v) is 0.926. The average molecular weight is 205 g/mol. The van der Waals surface area contributed by atoms with Gasteiger partial charge in [-0.1, -0.05) is 0 Å². The van der Waals surface area contributed by atoms with Crippen molar-refractivity contribution in [3.63, 3.8) is 0 Å². The summed E-state index contributed by atoms with van der Waals surface area (Å²) >= 11 is 0. The Kier molecular flexibility index (Phi) is 3.50. The highest BCUT2D eigenvalue weighted by atomic mass is 35.5. The highest BCUT2D eigenvalue weighted by Crippen LogP contribution is 2.32. The minimum absolute atomic E-state index is 0. The normalized spacial score (nSPS) is 9.00. The second-order valence-corrected chi connectivity index (χ2v) is 2.48. The molecule has 72 valence electrons. The number of halogens is 1. The molecule has 0 heterocycles. The van der Waals surface area contributed by atoms with Crippen molar-refractivity contribution in [2.24, 2.45) is 0 Å². The van der Waals surface area contributed by atoms with Gasteiger partial charge in [0.25, 0.3) is 0 Å². The number of rotatable bonds is 1. The molecule has 0 aliphatic rings. The number of hydrogen-bond donors (Lipinski definition) is 2. The van der Waals surface area contributed by atoms with E-state index in [1.807, 2.05) is 0 Å². The van der Waals surface area contributed by atoms with Crippen LogP contribution in [0.4, 0.5) is 11.4 Å². The molecule has 0 aliphatic carbocycles. The predicted molar refractivity (Wildman–Crippen MR) is 51.2 cm³/mol. The molecule has 1 aromatic carbocycles. The van der Waals surface area contributed by atoms with Crippen molar-refractivity contribution in [1.82, 2.24) is 0 Å². The zero-order chi connectivity index (χ0) is 9.30. The molecule has 6 heteroatoms. The third-order valence-electron chi connectivity index (χ3n) is 1.46. The molecule has 0 saturated heterocycles. The number of nitro benzene ring substituents is 1. The zero-order valence-corrected chi connectivity index (χ0v) is 7.67. The van der Waals surface area contributed by atoms with Crippen molar-refractivity contribution in [3.8, 4) is 5.75 Å². The Labute approximate surface area is 80.7 Å². The summed E-state index contributed by atoms with van der Waals surface area (Å²) in [6, 6.07) is 2.74. The van der Waals surface area contributed by atoms with Gasteiger partial charge in [-0.05, 0) is 18.6 Å². The molecule has 0 fully saturated rings. The Hall–Kier alpha value is -1.49. The van der Waals surface area contributed by atoms with Crippen LogP contribution in [0.15, 0.2) is 12.1 Å². The molecule has 13 heavy (non-hydrogen) atoms. The second kappa shape index (κ2) is 3.95. The van der Waals surface area contributed by atoms with Gasteiger partial charge in [0.15, 0.2) is 0 Å². The van der Waals surface area contributed by atoms with Crippen LogP contribution in [-0.2, 0) is 0 Å². The maximum Gasteiger partial charge on any atom is 0.313 e. The Bertz CT molecular complexity index is 341. The summed E-state index contributed by atoms with van der Waals surface area (Å²) < 4.78 is 0. The van der Waals surface area contributed by atoms with Crippen LogP contribution in [0.25, 0.3) is 0 Å². The maximum atomic E-state index is 10.3. The second-order valence-electron chi connectivity index (χ2n) is 2.48. The molecule has 1 rings (SSSR count). The Morgan fingerprint density at radius 3 is 2.54 bits per heavy atom. The minimum atomic E-state index is -0.668. The van der Waals surface area contributed by atoms with E-state index in [-0.39, 0.29) is 23.8 Å². The Morgan fingerprint density at radius 2 is 2.08 bits per heavy atom. The van der Waals surface area contributed by atoms with Gasteiger partial charge >= 0.3 is 5.69 Å². The largest absolute Gasteiger partial charge is 0.501 e. The van der Waals surface area contributed by atoms with Gasteiger partial charge in [-0.3, -0.25) is 10.1 Å². The first-order valence-corrected chi connectivity index (χ1v) is 3.26. The van der Waals surface area contributed by atoms with Crippen LogP contribution in [0.5, 0.6) is 5.75 Å². The van der Waals surface area contributed by atoms with Crippen molar-refractivity contribution in [2.45, 2.75) is 6.92 Å². The van der Waals surface area contributed by atoms with Gasteiger partial charge in [0.2, 0.25) is 5.75 Å². The van der Waals surface area contributed by atoms with Gasteiger partial charge in [0.1, 0.15) is 0 Å². The van der Waals surface area contributed by atoms with Crippen LogP contribution < -0.4 is 5.73 Å². The molecule has 0 spiro atoms. The molecule has 0 atom stereocenters. The lowest BCUT2D eigenvalue weighted by Gasteiger charge is -2.00. The van der Waals surface area contributed by atoms with Crippen LogP contribution >= 0.6 is 12.4 Å². The third-order valence-corrected chi connectivity index (χ3v) is 1.46. The molecule has 0 amide bonds. The highest BCUT2D eigenvalue weighted by Gasteiger charge is 2.15. The third kappa shape index (κ3) is 2.22. The van der Waals surface area contributed by atoms with Gasteiger partial charge in [0.05, 0.1) is 10.6 Å². The van der Waals surface area contributed by atoms with Crippen LogP contribution in [0, 0.1) is 17.0 Å². The molecule has 3 N–H and O–H groups in total. The Balaban J connectivity index is 0.00000144. The molecule has 0 saturated carbocycles. The molecule has 0 aliphatic heterocycles. The number of nitrogens with zero attached hydrogens (tertiary/aromatic N) is 1. The van der Waals surface area contributed by atoms with E-state index in [9.17, 15) is 10.1 Å². The number of nitrogens with two attached hydrogens (primary N) is 1. The van der Waals surface area contributed by atoms with Crippen LogP contribution in [0.3, 0.4) is 0 Å². The zero-order valence-electron chi connectivity index (χ0n) is 6.85. The van der Waals surface area contributed by atoms with Gasteiger partial charge in [-0.15, -0.1) is 12.4 Å². The first kappa shape index (κ1) is 11.5.